The Morgan fingerprint density at radius 1 is 0.346 bits per heavy atom. The maximum Gasteiger partial charge on any atom is 0.231 e. The van der Waals surface area contributed by atoms with E-state index in [0.717, 1.165) is 93.9 Å². The van der Waals surface area contributed by atoms with Crippen LogP contribution in [0.3, 0.4) is 0 Å². The lowest BCUT2D eigenvalue weighted by Crippen LogP contribution is -2.06. The van der Waals surface area contributed by atoms with E-state index >= 15 is 0 Å². The third-order valence-electron chi connectivity index (χ3n) is 9.39. The lowest BCUT2D eigenvalue weighted by atomic mass is 9.86. The molecule has 0 fully saturated rings. The molecule has 0 radical (unpaired) electrons. The molecule has 0 unspecified atom stereocenters. The third-order valence-corrected chi connectivity index (χ3v) is 9.39. The van der Waals surface area contributed by atoms with E-state index in [1.54, 1.807) is 12.4 Å². The van der Waals surface area contributed by atoms with Crippen LogP contribution in [0.4, 0.5) is 0 Å². The van der Waals surface area contributed by atoms with Gasteiger partial charge in [-0.3, -0.25) is 4.98 Å². The third kappa shape index (κ3) is 6.85. The lowest BCUT2D eigenvalue weighted by molar-refractivity contribution is 0.173. The Labute approximate surface area is 301 Å². The first-order valence-corrected chi connectivity index (χ1v) is 17.2. The molecule has 5 aromatic carbocycles. The zero-order chi connectivity index (χ0) is 34.7. The van der Waals surface area contributed by atoms with Gasteiger partial charge in [0.15, 0.2) is 46.0 Å². The summed E-state index contributed by atoms with van der Waals surface area (Å²) in [6.45, 7) is 1.00. The molecule has 4 aliphatic rings. The number of aromatic nitrogens is 1. The molecule has 0 amide bonds. The molecule has 10 rings (SSSR count). The highest BCUT2D eigenvalue weighted by atomic mass is 16.7. The number of pyridine rings is 1. The summed E-state index contributed by atoms with van der Waals surface area (Å²) in [6.07, 6.45) is 6.46. The van der Waals surface area contributed by atoms with Crippen molar-refractivity contribution < 1.29 is 37.9 Å². The molecule has 0 spiro atoms. The number of nitrogens with zero attached hydrogens (tertiary/aromatic N) is 1. The van der Waals surface area contributed by atoms with Crippen molar-refractivity contribution in [2.75, 3.05) is 27.2 Å². The van der Waals surface area contributed by atoms with Crippen LogP contribution in [0.15, 0.2) is 116 Å². The van der Waals surface area contributed by atoms with E-state index < -0.39 is 0 Å². The smallest absolute Gasteiger partial charge is 0.231 e. The standard InChI is InChI=1S/C38H30O8.C5H5N/c1-5-31-35(43-19-39-31)15-23(1)9-27-12-28(10-24-2-6-32-36(16-24)44-20-40-32)30(14-26-4-8-34-38(18-26)46-22-42-34)29(13-27)11-25-3-7-33-37(17-25)45-21-41-33;1-2-4-6-5-3-1/h1-8,12-13,15-18H,9-11,14,19-22H2;1-5H. The monoisotopic (exact) mass is 693 g/mol. The zero-order valence-electron chi connectivity index (χ0n) is 28.3. The van der Waals surface area contributed by atoms with Crippen LogP contribution in [0.1, 0.15) is 44.5 Å². The number of rotatable bonds is 8. The van der Waals surface area contributed by atoms with E-state index in [0.29, 0.717) is 0 Å². The molecule has 0 aliphatic carbocycles. The fourth-order valence-electron chi connectivity index (χ4n) is 6.91. The number of benzene rings is 5. The van der Waals surface area contributed by atoms with Gasteiger partial charge in [-0.2, -0.15) is 0 Å². The van der Waals surface area contributed by atoms with E-state index in [9.17, 15) is 0 Å². The Kier molecular flexibility index (Phi) is 8.58. The van der Waals surface area contributed by atoms with Gasteiger partial charge in [0.05, 0.1) is 0 Å². The predicted molar refractivity (Wildman–Crippen MR) is 192 cm³/mol. The summed E-state index contributed by atoms with van der Waals surface area (Å²) >= 11 is 0. The van der Waals surface area contributed by atoms with Crippen LogP contribution in [0.5, 0.6) is 46.0 Å². The molecular weight excluding hydrogens is 658 g/mol. The average Bonchev–Trinajstić information content (AvgIpc) is 4.01. The quantitative estimate of drug-likeness (QED) is 0.157. The summed E-state index contributed by atoms with van der Waals surface area (Å²) in [4.78, 5) is 3.78. The summed E-state index contributed by atoms with van der Waals surface area (Å²) in [5.41, 5.74) is 9.65. The zero-order valence-corrected chi connectivity index (χ0v) is 28.3. The fraction of sp³-hybridized carbons (Fsp3) is 0.186. The second kappa shape index (κ2) is 14.1. The normalized spacial score (nSPS) is 13.8. The average molecular weight is 694 g/mol. The van der Waals surface area contributed by atoms with Gasteiger partial charge in [0, 0.05) is 12.4 Å². The van der Waals surface area contributed by atoms with Gasteiger partial charge in [-0.15, -0.1) is 0 Å². The van der Waals surface area contributed by atoms with Crippen LogP contribution in [-0.2, 0) is 25.7 Å². The topological polar surface area (TPSA) is 86.7 Å². The van der Waals surface area contributed by atoms with Crippen LogP contribution < -0.4 is 37.9 Å². The molecule has 52 heavy (non-hydrogen) atoms. The molecule has 0 bridgehead atoms. The van der Waals surface area contributed by atoms with Gasteiger partial charge in [-0.05, 0) is 131 Å². The number of hydrogen-bond acceptors (Lipinski definition) is 9. The van der Waals surface area contributed by atoms with Crippen molar-refractivity contribution in [1.82, 2.24) is 4.98 Å². The first-order chi connectivity index (χ1) is 25.7. The first kappa shape index (κ1) is 31.6. The van der Waals surface area contributed by atoms with E-state index in [1.807, 2.05) is 42.5 Å². The van der Waals surface area contributed by atoms with Crippen molar-refractivity contribution >= 4 is 0 Å². The van der Waals surface area contributed by atoms with Crippen molar-refractivity contribution in [2.24, 2.45) is 0 Å². The molecule has 5 heterocycles. The van der Waals surface area contributed by atoms with Crippen molar-refractivity contribution in [3.05, 3.63) is 160 Å². The molecular formula is C43H35NO8. The van der Waals surface area contributed by atoms with Crippen LogP contribution in [0.2, 0.25) is 0 Å². The van der Waals surface area contributed by atoms with Crippen molar-refractivity contribution in [3.8, 4) is 46.0 Å². The highest BCUT2D eigenvalue weighted by Gasteiger charge is 2.21. The van der Waals surface area contributed by atoms with Gasteiger partial charge in [0.25, 0.3) is 0 Å². The summed E-state index contributed by atoms with van der Waals surface area (Å²) in [6, 6.07) is 35.3. The molecule has 4 aliphatic heterocycles. The Morgan fingerprint density at radius 3 is 1.08 bits per heavy atom. The Balaban J connectivity index is 0.000000548. The predicted octanol–water partition coefficient (Wildman–Crippen LogP) is 8.05. The lowest BCUT2D eigenvalue weighted by Gasteiger charge is -2.19. The fourth-order valence-corrected chi connectivity index (χ4v) is 6.91. The van der Waals surface area contributed by atoms with Crippen molar-refractivity contribution in [3.63, 3.8) is 0 Å². The number of fused-ring (bicyclic) bond motifs is 4. The highest BCUT2D eigenvalue weighted by molar-refractivity contribution is 5.54. The molecule has 9 nitrogen and oxygen atoms in total. The molecule has 0 saturated carbocycles. The molecule has 0 N–H and O–H groups in total. The molecule has 6 aromatic rings. The SMILES string of the molecule is c1cc2c(cc1Cc1cc(Cc3ccc4c(c3)OCO4)c(Cc3ccc4c(c3)OCO4)c(Cc3ccc4c(c3)OCO4)c1)OCO2.c1ccncc1. The first-order valence-electron chi connectivity index (χ1n) is 17.2. The van der Waals surface area contributed by atoms with Gasteiger partial charge in [-0.1, -0.05) is 42.5 Å². The molecule has 0 saturated heterocycles. The minimum absolute atomic E-state index is 0.248. The summed E-state index contributed by atoms with van der Waals surface area (Å²) in [7, 11) is 0. The maximum absolute atomic E-state index is 5.74. The van der Waals surface area contributed by atoms with E-state index in [4.69, 9.17) is 37.9 Å². The minimum Gasteiger partial charge on any atom is -0.454 e. The van der Waals surface area contributed by atoms with E-state index in [1.165, 1.54) is 22.3 Å². The van der Waals surface area contributed by atoms with Gasteiger partial charge >= 0.3 is 0 Å². The van der Waals surface area contributed by atoms with Crippen molar-refractivity contribution in [1.29, 1.82) is 0 Å². The second-order valence-electron chi connectivity index (χ2n) is 12.9. The highest BCUT2D eigenvalue weighted by Crippen LogP contribution is 2.38. The summed E-state index contributed by atoms with van der Waals surface area (Å²) < 4.78 is 45.2. The van der Waals surface area contributed by atoms with Crippen molar-refractivity contribution in [2.45, 2.75) is 25.7 Å². The minimum atomic E-state index is 0.248. The van der Waals surface area contributed by atoms with Crippen LogP contribution in [0, 0.1) is 0 Å². The summed E-state index contributed by atoms with van der Waals surface area (Å²) in [5, 5.41) is 0. The van der Waals surface area contributed by atoms with E-state index in [-0.39, 0.29) is 27.2 Å². The Hall–Kier alpha value is -6.35. The summed E-state index contributed by atoms with van der Waals surface area (Å²) in [5.74, 6) is 6.27. The molecule has 1 aromatic heterocycles. The van der Waals surface area contributed by atoms with Crippen LogP contribution >= 0.6 is 0 Å². The van der Waals surface area contributed by atoms with Crippen LogP contribution in [-0.4, -0.2) is 32.2 Å². The number of ether oxygens (including phenoxy) is 8. The van der Waals surface area contributed by atoms with Gasteiger partial charge in [0.1, 0.15) is 0 Å². The molecule has 9 heteroatoms. The van der Waals surface area contributed by atoms with Gasteiger partial charge in [0.2, 0.25) is 27.2 Å². The Morgan fingerprint density at radius 2 is 0.712 bits per heavy atom. The van der Waals surface area contributed by atoms with Crippen LogP contribution in [0.25, 0.3) is 0 Å². The molecule has 260 valence electrons. The second-order valence-corrected chi connectivity index (χ2v) is 12.9. The largest absolute Gasteiger partial charge is 0.454 e. The van der Waals surface area contributed by atoms with Gasteiger partial charge < -0.3 is 37.9 Å². The maximum atomic E-state index is 5.74. The Bertz CT molecular complexity index is 2130. The molecule has 0 atom stereocenters. The van der Waals surface area contributed by atoms with Gasteiger partial charge in [-0.25, -0.2) is 0 Å². The number of hydrogen-bond donors (Lipinski definition) is 0. The van der Waals surface area contributed by atoms with E-state index in [2.05, 4.69) is 65.6 Å².